The molecule has 0 saturated carbocycles. The molecule has 0 spiro atoms. The number of ketones is 1. The van der Waals surface area contributed by atoms with E-state index in [0.29, 0.717) is 44.4 Å². The molecule has 0 aliphatic carbocycles. The van der Waals surface area contributed by atoms with Gasteiger partial charge in [0.1, 0.15) is 0 Å². The molecule has 3 rings (SSSR count). The van der Waals surface area contributed by atoms with Crippen LogP contribution >= 0.6 is 35.0 Å². The van der Waals surface area contributed by atoms with Gasteiger partial charge in [-0.3, -0.25) is 14.2 Å². The average Bonchev–Trinajstić information content (AvgIpc) is 3.09. The van der Waals surface area contributed by atoms with Gasteiger partial charge < -0.3 is 5.32 Å². The van der Waals surface area contributed by atoms with Crippen LogP contribution in [0.4, 0.5) is 5.69 Å². The normalized spacial score (nSPS) is 10.6. The number of Topliss-reactive ketones (excluding diaryl/α,β-unsaturated/α-hetero) is 1. The zero-order chi connectivity index (χ0) is 21.7. The number of nitrogens with zero attached hydrogens (tertiary/aromatic N) is 3. The number of amides is 1. The molecule has 154 valence electrons. The van der Waals surface area contributed by atoms with Crippen LogP contribution in [0, 0.1) is 0 Å². The second kappa shape index (κ2) is 9.93. The minimum atomic E-state index is -0.222. The highest BCUT2D eigenvalue weighted by Crippen LogP contribution is 2.31. The summed E-state index contributed by atoms with van der Waals surface area (Å²) in [5.74, 6) is 0.397. The van der Waals surface area contributed by atoms with Crippen LogP contribution in [0.5, 0.6) is 0 Å². The molecule has 2 aromatic carbocycles. The molecule has 0 fully saturated rings. The van der Waals surface area contributed by atoms with E-state index in [1.807, 2.05) is 4.57 Å². The Kier molecular flexibility index (Phi) is 7.31. The SMILES string of the molecule is C=CCn1c(SCC(=O)Nc2cccc(C(C)=O)c2)nnc1-c1ccc(Cl)cc1Cl. The first-order chi connectivity index (χ1) is 14.4. The summed E-state index contributed by atoms with van der Waals surface area (Å²) in [6.07, 6.45) is 1.72. The molecule has 30 heavy (non-hydrogen) atoms. The number of halogens is 2. The molecule has 0 saturated heterocycles. The molecule has 1 amide bonds. The van der Waals surface area contributed by atoms with Crippen LogP contribution in [0.1, 0.15) is 17.3 Å². The van der Waals surface area contributed by atoms with Gasteiger partial charge in [-0.15, -0.1) is 16.8 Å². The summed E-state index contributed by atoms with van der Waals surface area (Å²) >= 11 is 13.5. The van der Waals surface area contributed by atoms with Gasteiger partial charge in [-0.25, -0.2) is 0 Å². The monoisotopic (exact) mass is 460 g/mol. The molecule has 3 aromatic rings. The molecule has 0 atom stereocenters. The zero-order valence-corrected chi connectivity index (χ0v) is 18.4. The first-order valence-corrected chi connectivity index (χ1v) is 10.7. The summed E-state index contributed by atoms with van der Waals surface area (Å²) in [4.78, 5) is 23.9. The zero-order valence-electron chi connectivity index (χ0n) is 16.1. The van der Waals surface area contributed by atoms with Crippen molar-refractivity contribution in [3.63, 3.8) is 0 Å². The Morgan fingerprint density at radius 2 is 2.00 bits per heavy atom. The van der Waals surface area contributed by atoms with Crippen LogP contribution in [0.2, 0.25) is 10.0 Å². The topological polar surface area (TPSA) is 76.9 Å². The Hall–Kier alpha value is -2.61. The number of carbonyl (C=O) groups excluding carboxylic acids is 2. The van der Waals surface area contributed by atoms with Gasteiger partial charge in [-0.1, -0.05) is 53.2 Å². The highest BCUT2D eigenvalue weighted by atomic mass is 35.5. The van der Waals surface area contributed by atoms with Gasteiger partial charge in [0, 0.05) is 28.4 Å². The van der Waals surface area contributed by atoms with Crippen molar-refractivity contribution in [2.24, 2.45) is 0 Å². The van der Waals surface area contributed by atoms with Crippen LogP contribution in [0.25, 0.3) is 11.4 Å². The fraction of sp³-hybridized carbons (Fsp3) is 0.143. The standard InChI is InChI=1S/C21H18Cl2N4O2S/c1-3-9-27-20(17-8-7-15(22)11-18(17)23)25-26-21(27)30-12-19(29)24-16-6-4-5-14(10-16)13(2)28/h3-8,10-11H,1,9,12H2,2H3,(H,24,29). The van der Waals surface area contributed by atoms with Crippen molar-refractivity contribution >= 4 is 52.3 Å². The fourth-order valence-electron chi connectivity index (χ4n) is 2.70. The van der Waals surface area contributed by atoms with Crippen molar-refractivity contribution in [3.05, 3.63) is 70.7 Å². The molecule has 0 aliphatic rings. The fourth-order valence-corrected chi connectivity index (χ4v) is 3.94. The molecular weight excluding hydrogens is 443 g/mol. The number of thioether (sulfide) groups is 1. The van der Waals surface area contributed by atoms with Crippen LogP contribution in [-0.4, -0.2) is 32.2 Å². The summed E-state index contributed by atoms with van der Waals surface area (Å²) in [5.41, 5.74) is 1.79. The Morgan fingerprint density at radius 3 is 2.70 bits per heavy atom. The summed E-state index contributed by atoms with van der Waals surface area (Å²) < 4.78 is 1.83. The summed E-state index contributed by atoms with van der Waals surface area (Å²) in [6.45, 7) is 5.71. The summed E-state index contributed by atoms with van der Waals surface area (Å²) in [6, 6.07) is 11.9. The maximum atomic E-state index is 12.4. The first kappa shape index (κ1) is 22.1. The van der Waals surface area contributed by atoms with E-state index >= 15 is 0 Å². The van der Waals surface area contributed by atoms with E-state index in [2.05, 4.69) is 22.1 Å². The van der Waals surface area contributed by atoms with E-state index in [9.17, 15) is 9.59 Å². The maximum absolute atomic E-state index is 12.4. The molecular formula is C21H18Cl2N4O2S. The van der Waals surface area contributed by atoms with Gasteiger partial charge in [0.25, 0.3) is 0 Å². The molecule has 1 aromatic heterocycles. The predicted molar refractivity (Wildman–Crippen MR) is 121 cm³/mol. The number of allylic oxidation sites excluding steroid dienone is 1. The van der Waals surface area contributed by atoms with Crippen LogP contribution in [0.15, 0.2) is 60.3 Å². The van der Waals surface area contributed by atoms with Crippen molar-refractivity contribution in [1.82, 2.24) is 14.8 Å². The van der Waals surface area contributed by atoms with Crippen LogP contribution < -0.4 is 5.32 Å². The van der Waals surface area contributed by atoms with E-state index in [4.69, 9.17) is 23.2 Å². The number of nitrogens with one attached hydrogen (secondary N) is 1. The molecule has 9 heteroatoms. The molecule has 0 unspecified atom stereocenters. The Balaban J connectivity index is 1.74. The highest BCUT2D eigenvalue weighted by molar-refractivity contribution is 7.99. The van der Waals surface area contributed by atoms with E-state index in [-0.39, 0.29) is 17.4 Å². The Bertz CT molecular complexity index is 1110. The lowest BCUT2D eigenvalue weighted by molar-refractivity contribution is -0.113. The average molecular weight is 461 g/mol. The van der Waals surface area contributed by atoms with Gasteiger partial charge in [-0.05, 0) is 37.3 Å². The van der Waals surface area contributed by atoms with Gasteiger partial charge in [0.2, 0.25) is 5.91 Å². The quantitative estimate of drug-likeness (QED) is 0.277. The van der Waals surface area contributed by atoms with Crippen molar-refractivity contribution in [2.45, 2.75) is 18.6 Å². The van der Waals surface area contributed by atoms with Gasteiger partial charge in [0.05, 0.1) is 10.8 Å². The molecule has 0 aliphatic heterocycles. The number of aromatic nitrogens is 3. The van der Waals surface area contributed by atoms with Crippen molar-refractivity contribution in [3.8, 4) is 11.4 Å². The molecule has 1 heterocycles. The third kappa shape index (κ3) is 5.30. The van der Waals surface area contributed by atoms with Crippen LogP contribution in [-0.2, 0) is 11.3 Å². The minimum Gasteiger partial charge on any atom is -0.325 e. The minimum absolute atomic E-state index is 0.0635. The smallest absolute Gasteiger partial charge is 0.234 e. The van der Waals surface area contributed by atoms with E-state index in [0.717, 1.165) is 0 Å². The highest BCUT2D eigenvalue weighted by Gasteiger charge is 2.17. The molecule has 1 N–H and O–H groups in total. The lowest BCUT2D eigenvalue weighted by Crippen LogP contribution is -2.15. The van der Waals surface area contributed by atoms with Crippen molar-refractivity contribution in [1.29, 1.82) is 0 Å². The van der Waals surface area contributed by atoms with E-state index in [1.54, 1.807) is 48.5 Å². The second-order valence-electron chi connectivity index (χ2n) is 6.30. The van der Waals surface area contributed by atoms with E-state index in [1.165, 1.54) is 18.7 Å². The number of hydrogen-bond donors (Lipinski definition) is 1. The summed E-state index contributed by atoms with van der Waals surface area (Å²) in [5, 5.41) is 12.8. The van der Waals surface area contributed by atoms with Crippen molar-refractivity contribution in [2.75, 3.05) is 11.1 Å². The van der Waals surface area contributed by atoms with Gasteiger partial charge in [0.15, 0.2) is 16.8 Å². The predicted octanol–water partition coefficient (Wildman–Crippen LogP) is 5.37. The largest absolute Gasteiger partial charge is 0.325 e. The molecule has 6 nitrogen and oxygen atoms in total. The third-order valence-electron chi connectivity index (χ3n) is 4.09. The number of rotatable bonds is 8. The third-order valence-corrected chi connectivity index (χ3v) is 5.60. The lowest BCUT2D eigenvalue weighted by atomic mass is 10.1. The first-order valence-electron chi connectivity index (χ1n) is 8.92. The van der Waals surface area contributed by atoms with E-state index < -0.39 is 0 Å². The Morgan fingerprint density at radius 1 is 1.20 bits per heavy atom. The molecule has 0 bridgehead atoms. The van der Waals surface area contributed by atoms with Gasteiger partial charge >= 0.3 is 0 Å². The maximum Gasteiger partial charge on any atom is 0.234 e. The summed E-state index contributed by atoms with van der Waals surface area (Å²) in [7, 11) is 0. The number of anilines is 1. The second-order valence-corrected chi connectivity index (χ2v) is 8.09. The number of carbonyl (C=O) groups is 2. The Labute approximate surface area is 188 Å². The van der Waals surface area contributed by atoms with Gasteiger partial charge in [-0.2, -0.15) is 0 Å². The molecule has 0 radical (unpaired) electrons. The number of benzene rings is 2. The number of hydrogen-bond acceptors (Lipinski definition) is 5. The lowest BCUT2D eigenvalue weighted by Gasteiger charge is -2.09. The van der Waals surface area contributed by atoms with Crippen molar-refractivity contribution < 1.29 is 9.59 Å². The van der Waals surface area contributed by atoms with Crippen LogP contribution in [0.3, 0.4) is 0 Å².